The Kier molecular flexibility index (Phi) is 4.97. The summed E-state index contributed by atoms with van der Waals surface area (Å²) >= 11 is 0. The summed E-state index contributed by atoms with van der Waals surface area (Å²) < 4.78 is 31.8. The minimum absolute atomic E-state index is 0.138. The second-order valence-corrected chi connectivity index (χ2v) is 7.64. The molecular formula is C18H19NO4S. The van der Waals surface area contributed by atoms with Gasteiger partial charge in [-0.3, -0.25) is 0 Å². The summed E-state index contributed by atoms with van der Waals surface area (Å²) in [6.45, 7) is 1.22. The number of nitrogens with zero attached hydrogens (tertiary/aromatic N) is 1. The van der Waals surface area contributed by atoms with Crippen molar-refractivity contribution in [2.24, 2.45) is 0 Å². The molecule has 2 aromatic carbocycles. The van der Waals surface area contributed by atoms with Crippen molar-refractivity contribution in [1.29, 1.82) is 0 Å². The molecule has 0 amide bonds. The predicted molar refractivity (Wildman–Crippen MR) is 90.0 cm³/mol. The fraction of sp³-hybridized carbons (Fsp3) is 0.278. The summed E-state index contributed by atoms with van der Waals surface area (Å²) in [5.41, 5.74) is 1.12. The molecule has 0 radical (unpaired) electrons. The lowest BCUT2D eigenvalue weighted by Gasteiger charge is -2.15. The summed E-state index contributed by atoms with van der Waals surface area (Å²) in [4.78, 5) is 12.3. The van der Waals surface area contributed by atoms with E-state index in [1.165, 1.54) is 16.4 Å². The van der Waals surface area contributed by atoms with Gasteiger partial charge in [0.1, 0.15) is 6.61 Å². The molecule has 0 atom stereocenters. The van der Waals surface area contributed by atoms with Gasteiger partial charge in [-0.2, -0.15) is 4.31 Å². The van der Waals surface area contributed by atoms with Crippen LogP contribution < -0.4 is 0 Å². The van der Waals surface area contributed by atoms with E-state index in [1.54, 1.807) is 12.1 Å². The number of carbonyl (C=O) groups is 1. The average Bonchev–Trinajstić information content (AvgIpc) is 3.16. The van der Waals surface area contributed by atoms with Gasteiger partial charge < -0.3 is 4.74 Å². The SMILES string of the molecule is O=C(OCc1ccccc1)c1cccc(S(=O)(=O)N2CCCC2)c1. The fourth-order valence-electron chi connectivity index (χ4n) is 2.67. The van der Waals surface area contributed by atoms with Crippen molar-refractivity contribution in [2.45, 2.75) is 24.3 Å². The number of sulfonamides is 1. The Morgan fingerprint density at radius 3 is 2.42 bits per heavy atom. The summed E-state index contributed by atoms with van der Waals surface area (Å²) in [6, 6.07) is 15.4. The van der Waals surface area contributed by atoms with Gasteiger partial charge in [-0.15, -0.1) is 0 Å². The third-order valence-corrected chi connectivity index (χ3v) is 5.88. The zero-order chi connectivity index (χ0) is 17.0. The first-order valence-corrected chi connectivity index (χ1v) is 9.33. The van der Waals surface area contributed by atoms with Crippen molar-refractivity contribution >= 4 is 16.0 Å². The quantitative estimate of drug-likeness (QED) is 0.782. The van der Waals surface area contributed by atoms with Gasteiger partial charge >= 0.3 is 5.97 Å². The molecule has 5 nitrogen and oxygen atoms in total. The van der Waals surface area contributed by atoms with E-state index in [1.807, 2.05) is 30.3 Å². The van der Waals surface area contributed by atoms with E-state index in [2.05, 4.69) is 0 Å². The largest absolute Gasteiger partial charge is 0.457 e. The maximum Gasteiger partial charge on any atom is 0.338 e. The first-order chi connectivity index (χ1) is 11.6. The number of hydrogen-bond donors (Lipinski definition) is 0. The van der Waals surface area contributed by atoms with Crippen molar-refractivity contribution in [3.8, 4) is 0 Å². The van der Waals surface area contributed by atoms with E-state index in [9.17, 15) is 13.2 Å². The van der Waals surface area contributed by atoms with Crippen molar-refractivity contribution in [3.63, 3.8) is 0 Å². The monoisotopic (exact) mass is 345 g/mol. The van der Waals surface area contributed by atoms with Crippen LogP contribution in [0.2, 0.25) is 0 Å². The number of rotatable bonds is 5. The summed E-state index contributed by atoms with van der Waals surface area (Å²) in [7, 11) is -3.54. The highest BCUT2D eigenvalue weighted by Crippen LogP contribution is 2.22. The number of ether oxygens (including phenoxy) is 1. The van der Waals surface area contributed by atoms with E-state index in [0.717, 1.165) is 18.4 Å². The molecular weight excluding hydrogens is 326 g/mol. The molecule has 3 rings (SSSR count). The van der Waals surface area contributed by atoms with Crippen LogP contribution in [0, 0.1) is 0 Å². The highest BCUT2D eigenvalue weighted by Gasteiger charge is 2.27. The molecule has 0 N–H and O–H groups in total. The maximum absolute atomic E-state index is 12.6. The molecule has 1 saturated heterocycles. The lowest BCUT2D eigenvalue weighted by atomic mass is 10.2. The molecule has 0 aromatic heterocycles. The lowest BCUT2D eigenvalue weighted by molar-refractivity contribution is 0.0472. The summed E-state index contributed by atoms with van der Waals surface area (Å²) in [5.74, 6) is -0.530. The Balaban J connectivity index is 1.74. The molecule has 2 aromatic rings. The van der Waals surface area contributed by atoms with Crippen LogP contribution in [0.1, 0.15) is 28.8 Å². The molecule has 6 heteroatoms. The van der Waals surface area contributed by atoms with Gasteiger partial charge in [0.2, 0.25) is 10.0 Å². The Bertz CT molecular complexity index is 812. The zero-order valence-electron chi connectivity index (χ0n) is 13.2. The van der Waals surface area contributed by atoms with E-state index in [0.29, 0.717) is 13.1 Å². The minimum Gasteiger partial charge on any atom is -0.457 e. The van der Waals surface area contributed by atoms with E-state index < -0.39 is 16.0 Å². The normalized spacial score (nSPS) is 15.3. The number of carbonyl (C=O) groups excluding carboxylic acids is 1. The molecule has 0 unspecified atom stereocenters. The van der Waals surface area contributed by atoms with Gasteiger partial charge in [0.05, 0.1) is 10.5 Å². The van der Waals surface area contributed by atoms with Crippen LogP contribution in [0.3, 0.4) is 0 Å². The highest BCUT2D eigenvalue weighted by molar-refractivity contribution is 7.89. The molecule has 1 fully saturated rings. The van der Waals surface area contributed by atoms with E-state index in [-0.39, 0.29) is 17.1 Å². The Morgan fingerprint density at radius 1 is 1.00 bits per heavy atom. The fourth-order valence-corrected chi connectivity index (χ4v) is 4.23. The average molecular weight is 345 g/mol. The topological polar surface area (TPSA) is 63.7 Å². The summed E-state index contributed by atoms with van der Waals surface area (Å²) in [5, 5.41) is 0. The van der Waals surface area contributed by atoms with Crippen LogP contribution in [0.5, 0.6) is 0 Å². The van der Waals surface area contributed by atoms with Crippen LogP contribution in [0.15, 0.2) is 59.5 Å². The van der Waals surface area contributed by atoms with Crippen molar-refractivity contribution in [3.05, 3.63) is 65.7 Å². The van der Waals surface area contributed by atoms with Crippen molar-refractivity contribution < 1.29 is 17.9 Å². The molecule has 0 saturated carbocycles. The second kappa shape index (κ2) is 7.15. The Labute approximate surface area is 141 Å². The predicted octanol–water partition coefficient (Wildman–Crippen LogP) is 2.83. The standard InChI is InChI=1S/C18H19NO4S/c20-18(23-14-15-7-2-1-3-8-15)16-9-6-10-17(13-16)24(21,22)19-11-4-5-12-19/h1-3,6-10,13H,4-5,11-12,14H2. The van der Waals surface area contributed by atoms with Crippen LogP contribution in [-0.4, -0.2) is 31.8 Å². The van der Waals surface area contributed by atoms with Crippen LogP contribution >= 0.6 is 0 Å². The minimum atomic E-state index is -3.54. The molecule has 0 spiro atoms. The van der Waals surface area contributed by atoms with Crippen molar-refractivity contribution in [1.82, 2.24) is 4.31 Å². The van der Waals surface area contributed by atoms with Gasteiger partial charge in [-0.05, 0) is 36.6 Å². The molecule has 0 aliphatic carbocycles. The molecule has 0 bridgehead atoms. The first-order valence-electron chi connectivity index (χ1n) is 7.89. The molecule has 1 heterocycles. The van der Waals surface area contributed by atoms with Crippen LogP contribution in [0.4, 0.5) is 0 Å². The van der Waals surface area contributed by atoms with E-state index >= 15 is 0 Å². The smallest absolute Gasteiger partial charge is 0.338 e. The molecule has 126 valence electrons. The lowest BCUT2D eigenvalue weighted by Crippen LogP contribution is -2.28. The Morgan fingerprint density at radius 2 is 1.71 bits per heavy atom. The maximum atomic E-state index is 12.6. The van der Waals surface area contributed by atoms with Gasteiger partial charge in [-0.1, -0.05) is 36.4 Å². The molecule has 1 aliphatic heterocycles. The number of benzene rings is 2. The zero-order valence-corrected chi connectivity index (χ0v) is 14.0. The Hall–Kier alpha value is -2.18. The van der Waals surface area contributed by atoms with Crippen molar-refractivity contribution in [2.75, 3.05) is 13.1 Å². The number of hydrogen-bond acceptors (Lipinski definition) is 4. The van der Waals surface area contributed by atoms with Gasteiger partial charge in [0.15, 0.2) is 0 Å². The molecule has 1 aliphatic rings. The number of esters is 1. The highest BCUT2D eigenvalue weighted by atomic mass is 32.2. The third-order valence-electron chi connectivity index (χ3n) is 3.99. The van der Waals surface area contributed by atoms with Gasteiger partial charge in [-0.25, -0.2) is 13.2 Å². The molecule has 24 heavy (non-hydrogen) atoms. The van der Waals surface area contributed by atoms with Gasteiger partial charge in [0, 0.05) is 13.1 Å². The van der Waals surface area contributed by atoms with Gasteiger partial charge in [0.25, 0.3) is 0 Å². The van der Waals surface area contributed by atoms with E-state index in [4.69, 9.17) is 4.74 Å². The summed E-state index contributed by atoms with van der Waals surface area (Å²) in [6.07, 6.45) is 1.75. The van der Waals surface area contributed by atoms with Crippen LogP contribution in [-0.2, 0) is 21.4 Å². The third kappa shape index (κ3) is 3.66. The second-order valence-electron chi connectivity index (χ2n) is 5.70. The first kappa shape index (κ1) is 16.7. The van der Waals surface area contributed by atoms with Crippen LogP contribution in [0.25, 0.3) is 0 Å².